The summed E-state index contributed by atoms with van der Waals surface area (Å²) in [6.07, 6.45) is 11.3. The lowest BCUT2D eigenvalue weighted by atomic mass is 9.72. The predicted octanol–water partition coefficient (Wildman–Crippen LogP) is 4.06. The molecule has 0 aromatic carbocycles. The smallest absolute Gasteiger partial charge is 0.00504 e. The molecule has 0 radical (unpaired) electrons. The van der Waals surface area contributed by atoms with Gasteiger partial charge < -0.3 is 10.2 Å². The van der Waals surface area contributed by atoms with Crippen LogP contribution >= 0.6 is 0 Å². The van der Waals surface area contributed by atoms with Crippen LogP contribution < -0.4 is 5.32 Å². The molecule has 0 atom stereocenters. The first kappa shape index (κ1) is 16.3. The Bertz CT molecular complexity index is 279. The van der Waals surface area contributed by atoms with Gasteiger partial charge in [0.1, 0.15) is 0 Å². The van der Waals surface area contributed by atoms with Crippen molar-refractivity contribution in [2.45, 2.75) is 72.1 Å². The molecule has 0 aromatic heterocycles. The van der Waals surface area contributed by atoms with E-state index >= 15 is 0 Å². The molecule has 1 aliphatic heterocycles. The van der Waals surface area contributed by atoms with Crippen LogP contribution in [0.2, 0.25) is 0 Å². The lowest BCUT2D eigenvalue weighted by molar-refractivity contribution is 0.0489. The number of rotatable bonds is 6. The number of hydrogen-bond acceptors (Lipinski definition) is 2. The van der Waals surface area contributed by atoms with Crippen LogP contribution in [-0.2, 0) is 0 Å². The normalized spacial score (nSPS) is 26.6. The Morgan fingerprint density at radius 2 is 1.75 bits per heavy atom. The Morgan fingerprint density at radius 3 is 2.40 bits per heavy atom. The summed E-state index contributed by atoms with van der Waals surface area (Å²) >= 11 is 0. The second kappa shape index (κ2) is 7.26. The van der Waals surface area contributed by atoms with Gasteiger partial charge in [-0.3, -0.25) is 0 Å². The molecule has 118 valence electrons. The van der Waals surface area contributed by atoms with Crippen molar-refractivity contribution >= 4 is 0 Å². The van der Waals surface area contributed by atoms with Crippen molar-refractivity contribution in [3.05, 3.63) is 0 Å². The monoisotopic (exact) mass is 280 g/mol. The third-order valence-electron chi connectivity index (χ3n) is 5.38. The summed E-state index contributed by atoms with van der Waals surface area (Å²) < 4.78 is 0. The van der Waals surface area contributed by atoms with Crippen LogP contribution in [0.25, 0.3) is 0 Å². The lowest BCUT2D eigenvalue weighted by Crippen LogP contribution is -2.49. The van der Waals surface area contributed by atoms with Gasteiger partial charge in [-0.1, -0.05) is 40.0 Å². The van der Waals surface area contributed by atoms with Crippen molar-refractivity contribution in [2.75, 3.05) is 32.7 Å². The highest BCUT2D eigenvalue weighted by atomic mass is 15.1. The molecular formula is C18H36N2. The SMILES string of the molecule is CCCNCC1(CN2CCCC(C)(C)C2)CCCCC1. The van der Waals surface area contributed by atoms with Gasteiger partial charge in [-0.25, -0.2) is 0 Å². The molecule has 1 heterocycles. The summed E-state index contributed by atoms with van der Waals surface area (Å²) in [5.41, 5.74) is 1.10. The first-order valence-corrected chi connectivity index (χ1v) is 8.98. The first-order valence-electron chi connectivity index (χ1n) is 8.98. The fraction of sp³-hybridized carbons (Fsp3) is 1.00. The maximum atomic E-state index is 3.73. The number of piperidine rings is 1. The summed E-state index contributed by atoms with van der Waals surface area (Å²) in [6, 6.07) is 0. The lowest BCUT2D eigenvalue weighted by Gasteiger charge is -2.45. The molecule has 0 bridgehead atoms. The van der Waals surface area contributed by atoms with E-state index in [2.05, 4.69) is 31.0 Å². The third-order valence-corrected chi connectivity index (χ3v) is 5.38. The molecule has 2 rings (SSSR count). The van der Waals surface area contributed by atoms with Crippen molar-refractivity contribution in [1.82, 2.24) is 10.2 Å². The summed E-state index contributed by atoms with van der Waals surface area (Å²) in [5.74, 6) is 0. The van der Waals surface area contributed by atoms with E-state index in [1.807, 2.05) is 0 Å². The molecule has 1 saturated heterocycles. The van der Waals surface area contributed by atoms with Crippen molar-refractivity contribution in [2.24, 2.45) is 10.8 Å². The maximum Gasteiger partial charge on any atom is 0.00504 e. The van der Waals surface area contributed by atoms with Crippen molar-refractivity contribution in [1.29, 1.82) is 0 Å². The van der Waals surface area contributed by atoms with Crippen molar-refractivity contribution in [3.8, 4) is 0 Å². The molecule has 2 nitrogen and oxygen atoms in total. The Balaban J connectivity index is 1.92. The van der Waals surface area contributed by atoms with Gasteiger partial charge in [0.15, 0.2) is 0 Å². The minimum atomic E-state index is 0.533. The minimum absolute atomic E-state index is 0.533. The molecule has 20 heavy (non-hydrogen) atoms. The quantitative estimate of drug-likeness (QED) is 0.738. The van der Waals surface area contributed by atoms with Crippen LogP contribution in [0.5, 0.6) is 0 Å². The second-order valence-electron chi connectivity index (χ2n) is 8.22. The highest BCUT2D eigenvalue weighted by Crippen LogP contribution is 2.38. The molecule has 1 aliphatic carbocycles. The molecule has 1 saturated carbocycles. The van der Waals surface area contributed by atoms with Gasteiger partial charge in [0.05, 0.1) is 0 Å². The van der Waals surface area contributed by atoms with Crippen molar-refractivity contribution in [3.63, 3.8) is 0 Å². The summed E-state index contributed by atoms with van der Waals surface area (Å²) in [6.45, 7) is 13.6. The summed E-state index contributed by atoms with van der Waals surface area (Å²) in [4.78, 5) is 2.78. The molecule has 2 aliphatic rings. The molecule has 1 N–H and O–H groups in total. The van der Waals surface area contributed by atoms with E-state index in [-0.39, 0.29) is 0 Å². The van der Waals surface area contributed by atoms with E-state index in [1.54, 1.807) is 0 Å². The van der Waals surface area contributed by atoms with E-state index in [1.165, 1.54) is 84.1 Å². The zero-order valence-electron chi connectivity index (χ0n) is 14.1. The molecule has 0 amide bonds. The number of hydrogen-bond donors (Lipinski definition) is 1. The van der Waals surface area contributed by atoms with Gasteiger partial charge in [0.25, 0.3) is 0 Å². The molecular weight excluding hydrogens is 244 g/mol. The first-order chi connectivity index (χ1) is 9.55. The maximum absolute atomic E-state index is 3.73. The zero-order valence-corrected chi connectivity index (χ0v) is 14.1. The Hall–Kier alpha value is -0.0800. The Morgan fingerprint density at radius 1 is 1.00 bits per heavy atom. The standard InChI is InChI=1S/C18H36N2/c1-4-12-19-14-18(10-6-5-7-11-18)16-20-13-8-9-17(2,3)15-20/h19H,4-16H2,1-3H3. The van der Waals surface area contributed by atoms with E-state index in [0.29, 0.717) is 10.8 Å². The highest BCUT2D eigenvalue weighted by Gasteiger charge is 2.36. The average molecular weight is 280 g/mol. The molecule has 0 unspecified atom stereocenters. The molecule has 2 fully saturated rings. The zero-order chi connectivity index (χ0) is 14.5. The second-order valence-corrected chi connectivity index (χ2v) is 8.22. The molecule has 0 spiro atoms. The largest absolute Gasteiger partial charge is 0.316 e. The fourth-order valence-electron chi connectivity index (χ4n) is 4.38. The number of likely N-dealkylation sites (tertiary alicyclic amines) is 1. The third kappa shape index (κ3) is 4.73. The summed E-state index contributed by atoms with van der Waals surface area (Å²) in [7, 11) is 0. The van der Waals surface area contributed by atoms with Crippen molar-refractivity contribution < 1.29 is 0 Å². The van der Waals surface area contributed by atoms with Crippen LogP contribution in [0.4, 0.5) is 0 Å². The van der Waals surface area contributed by atoms with Gasteiger partial charge in [-0.05, 0) is 56.0 Å². The van der Waals surface area contributed by atoms with E-state index in [0.717, 1.165) is 0 Å². The van der Waals surface area contributed by atoms with E-state index in [4.69, 9.17) is 0 Å². The molecule has 2 heteroatoms. The van der Waals surface area contributed by atoms with Gasteiger partial charge >= 0.3 is 0 Å². The van der Waals surface area contributed by atoms with E-state index < -0.39 is 0 Å². The predicted molar refractivity (Wildman–Crippen MR) is 88.1 cm³/mol. The molecule has 0 aromatic rings. The van der Waals surface area contributed by atoms with Gasteiger partial charge in [0.2, 0.25) is 0 Å². The minimum Gasteiger partial charge on any atom is -0.316 e. The van der Waals surface area contributed by atoms with Crippen LogP contribution in [0.3, 0.4) is 0 Å². The number of nitrogens with one attached hydrogen (secondary N) is 1. The topological polar surface area (TPSA) is 15.3 Å². The van der Waals surface area contributed by atoms with Crippen LogP contribution in [-0.4, -0.2) is 37.6 Å². The van der Waals surface area contributed by atoms with Crippen LogP contribution in [0.15, 0.2) is 0 Å². The number of nitrogens with zero attached hydrogens (tertiary/aromatic N) is 1. The van der Waals surface area contributed by atoms with Gasteiger partial charge in [-0.2, -0.15) is 0 Å². The Kier molecular flexibility index (Phi) is 5.92. The fourth-order valence-corrected chi connectivity index (χ4v) is 4.38. The van der Waals surface area contributed by atoms with E-state index in [9.17, 15) is 0 Å². The average Bonchev–Trinajstić information content (AvgIpc) is 2.39. The van der Waals surface area contributed by atoms with Crippen LogP contribution in [0.1, 0.15) is 72.1 Å². The van der Waals surface area contributed by atoms with Crippen LogP contribution in [0, 0.1) is 10.8 Å². The highest BCUT2D eigenvalue weighted by molar-refractivity contribution is 4.90. The van der Waals surface area contributed by atoms with Gasteiger partial charge in [-0.15, -0.1) is 0 Å². The summed E-state index contributed by atoms with van der Waals surface area (Å²) in [5, 5.41) is 3.73. The van der Waals surface area contributed by atoms with Gasteiger partial charge in [0, 0.05) is 19.6 Å². The Labute approximate surface area is 126 Å².